The Morgan fingerprint density at radius 3 is 1.41 bits per heavy atom. The SMILES string of the molecule is CCC1N(N=Cc2ccc(N(C)C)cc2)C=CN1N=Cc1ccc(N(C)C)cc1. The Morgan fingerprint density at radius 1 is 0.724 bits per heavy atom. The smallest absolute Gasteiger partial charge is 0.143 e. The summed E-state index contributed by atoms with van der Waals surface area (Å²) >= 11 is 0. The molecule has 0 fully saturated rings. The van der Waals surface area contributed by atoms with Crippen molar-refractivity contribution in [2.75, 3.05) is 38.0 Å². The quantitative estimate of drug-likeness (QED) is 0.670. The Bertz CT molecular complexity index is 794. The summed E-state index contributed by atoms with van der Waals surface area (Å²) in [6.07, 6.45) is 8.68. The van der Waals surface area contributed by atoms with E-state index in [-0.39, 0.29) is 6.17 Å². The van der Waals surface area contributed by atoms with Crippen LogP contribution in [0.2, 0.25) is 0 Å². The Morgan fingerprint density at radius 2 is 1.10 bits per heavy atom. The molecule has 0 aliphatic carbocycles. The van der Waals surface area contributed by atoms with Crippen molar-refractivity contribution in [3.05, 3.63) is 72.1 Å². The molecule has 0 saturated carbocycles. The first-order valence-corrected chi connectivity index (χ1v) is 9.85. The molecule has 0 radical (unpaired) electrons. The van der Waals surface area contributed by atoms with E-state index in [0.29, 0.717) is 0 Å². The first kappa shape index (κ1) is 20.5. The van der Waals surface area contributed by atoms with Gasteiger partial charge in [-0.3, -0.25) is 0 Å². The largest absolute Gasteiger partial charge is 0.378 e. The molecule has 0 amide bonds. The Balaban J connectivity index is 1.64. The van der Waals surface area contributed by atoms with Crippen LogP contribution in [0.25, 0.3) is 0 Å². The van der Waals surface area contributed by atoms with Crippen LogP contribution in [-0.4, -0.2) is 56.8 Å². The van der Waals surface area contributed by atoms with E-state index in [4.69, 9.17) is 0 Å². The molecule has 0 N–H and O–H groups in total. The van der Waals surface area contributed by atoms with Gasteiger partial charge < -0.3 is 9.80 Å². The van der Waals surface area contributed by atoms with Crippen molar-refractivity contribution in [2.24, 2.45) is 10.2 Å². The van der Waals surface area contributed by atoms with Gasteiger partial charge >= 0.3 is 0 Å². The number of hydrogen-bond donors (Lipinski definition) is 0. The molecule has 1 heterocycles. The van der Waals surface area contributed by atoms with E-state index in [9.17, 15) is 0 Å². The molecule has 0 saturated heterocycles. The minimum atomic E-state index is 0.0737. The van der Waals surface area contributed by atoms with Gasteiger partial charge in [0, 0.05) is 52.0 Å². The van der Waals surface area contributed by atoms with E-state index in [0.717, 1.165) is 17.5 Å². The summed E-state index contributed by atoms with van der Waals surface area (Å²) in [5.41, 5.74) is 4.49. The highest BCUT2D eigenvalue weighted by Crippen LogP contribution is 2.20. The lowest BCUT2D eigenvalue weighted by Gasteiger charge is -2.24. The van der Waals surface area contributed by atoms with Crippen LogP contribution in [0.15, 0.2) is 71.1 Å². The summed E-state index contributed by atoms with van der Waals surface area (Å²) in [4.78, 5) is 4.17. The van der Waals surface area contributed by atoms with E-state index < -0.39 is 0 Å². The average Bonchev–Trinajstić information content (AvgIpc) is 3.13. The Hall–Kier alpha value is -3.28. The molecule has 0 bridgehead atoms. The number of nitrogens with zero attached hydrogens (tertiary/aromatic N) is 6. The molecule has 29 heavy (non-hydrogen) atoms. The van der Waals surface area contributed by atoms with E-state index in [1.54, 1.807) is 0 Å². The van der Waals surface area contributed by atoms with Crippen LogP contribution in [0, 0.1) is 0 Å². The van der Waals surface area contributed by atoms with Gasteiger partial charge in [0.05, 0.1) is 12.4 Å². The molecule has 2 aromatic rings. The zero-order chi connectivity index (χ0) is 20.8. The monoisotopic (exact) mass is 390 g/mol. The van der Waals surface area contributed by atoms with Crippen molar-refractivity contribution in [1.29, 1.82) is 0 Å². The minimum absolute atomic E-state index is 0.0737. The molecule has 152 valence electrons. The summed E-state index contributed by atoms with van der Waals surface area (Å²) in [6, 6.07) is 16.7. The van der Waals surface area contributed by atoms with Gasteiger partial charge in [-0.2, -0.15) is 10.2 Å². The van der Waals surface area contributed by atoms with Crippen molar-refractivity contribution < 1.29 is 0 Å². The number of anilines is 2. The van der Waals surface area contributed by atoms with Crippen LogP contribution in [-0.2, 0) is 0 Å². The van der Waals surface area contributed by atoms with Gasteiger partial charge in [0.2, 0.25) is 0 Å². The summed E-state index contributed by atoms with van der Waals surface area (Å²) < 4.78 is 0. The second-order valence-corrected chi connectivity index (χ2v) is 7.41. The van der Waals surface area contributed by atoms with Gasteiger partial charge in [-0.25, -0.2) is 10.0 Å². The first-order chi connectivity index (χ1) is 14.0. The maximum atomic E-state index is 4.64. The van der Waals surface area contributed by atoms with Crippen molar-refractivity contribution in [3.63, 3.8) is 0 Å². The second-order valence-electron chi connectivity index (χ2n) is 7.41. The molecule has 0 unspecified atom stereocenters. The van der Waals surface area contributed by atoms with Crippen LogP contribution < -0.4 is 9.80 Å². The molecule has 2 aromatic carbocycles. The molecule has 6 nitrogen and oxygen atoms in total. The lowest BCUT2D eigenvalue weighted by molar-refractivity contribution is 0.157. The molecule has 0 atom stereocenters. The summed E-state index contributed by atoms with van der Waals surface area (Å²) in [6.45, 7) is 2.14. The van der Waals surface area contributed by atoms with Crippen LogP contribution in [0.5, 0.6) is 0 Å². The van der Waals surface area contributed by atoms with Crippen molar-refractivity contribution >= 4 is 23.8 Å². The average molecular weight is 391 g/mol. The van der Waals surface area contributed by atoms with Crippen LogP contribution >= 0.6 is 0 Å². The van der Waals surface area contributed by atoms with E-state index >= 15 is 0 Å². The fourth-order valence-electron chi connectivity index (χ4n) is 3.05. The number of rotatable bonds is 7. The van der Waals surface area contributed by atoms with E-state index in [1.165, 1.54) is 11.4 Å². The fourth-order valence-corrected chi connectivity index (χ4v) is 3.05. The van der Waals surface area contributed by atoms with Crippen LogP contribution in [0.3, 0.4) is 0 Å². The minimum Gasteiger partial charge on any atom is -0.378 e. The number of benzene rings is 2. The van der Waals surface area contributed by atoms with Crippen molar-refractivity contribution in [1.82, 2.24) is 10.0 Å². The second kappa shape index (κ2) is 9.28. The van der Waals surface area contributed by atoms with Gasteiger partial charge in [0.15, 0.2) is 0 Å². The van der Waals surface area contributed by atoms with Crippen LogP contribution in [0.1, 0.15) is 24.5 Å². The van der Waals surface area contributed by atoms with Crippen LogP contribution in [0.4, 0.5) is 11.4 Å². The summed E-state index contributed by atoms with van der Waals surface area (Å²) in [5, 5.41) is 13.2. The fraction of sp³-hybridized carbons (Fsp3) is 0.304. The molecule has 0 aromatic heterocycles. The normalized spacial score (nSPS) is 16.4. The zero-order valence-corrected chi connectivity index (χ0v) is 17.9. The predicted octanol–water partition coefficient (Wildman–Crippen LogP) is 4.01. The van der Waals surface area contributed by atoms with Gasteiger partial charge in [-0.05, 0) is 41.8 Å². The maximum absolute atomic E-state index is 4.64. The molecular formula is C23H30N6. The summed E-state index contributed by atoms with van der Waals surface area (Å²) in [7, 11) is 8.15. The Kier molecular flexibility index (Phi) is 6.54. The molecule has 1 aliphatic rings. The predicted molar refractivity (Wildman–Crippen MR) is 124 cm³/mol. The van der Waals surface area contributed by atoms with Gasteiger partial charge in [-0.1, -0.05) is 31.2 Å². The van der Waals surface area contributed by atoms with Gasteiger partial charge in [-0.15, -0.1) is 0 Å². The third-order valence-corrected chi connectivity index (χ3v) is 4.85. The lowest BCUT2D eigenvalue weighted by Crippen LogP contribution is -2.32. The molecule has 0 spiro atoms. The third-order valence-electron chi connectivity index (χ3n) is 4.85. The zero-order valence-electron chi connectivity index (χ0n) is 17.9. The lowest BCUT2D eigenvalue weighted by atomic mass is 10.2. The topological polar surface area (TPSA) is 37.7 Å². The highest BCUT2D eigenvalue weighted by molar-refractivity contribution is 5.81. The maximum Gasteiger partial charge on any atom is 0.143 e. The first-order valence-electron chi connectivity index (χ1n) is 9.85. The number of hydrogen-bond acceptors (Lipinski definition) is 6. The molecular weight excluding hydrogens is 360 g/mol. The van der Waals surface area contributed by atoms with E-state index in [2.05, 4.69) is 75.5 Å². The molecule has 6 heteroatoms. The highest BCUT2D eigenvalue weighted by atomic mass is 15.6. The van der Waals surface area contributed by atoms with Crippen molar-refractivity contribution in [3.8, 4) is 0 Å². The van der Waals surface area contributed by atoms with Gasteiger partial charge in [0.1, 0.15) is 6.17 Å². The molecule has 1 aliphatic heterocycles. The molecule has 3 rings (SSSR count). The van der Waals surface area contributed by atoms with Gasteiger partial charge in [0.25, 0.3) is 0 Å². The Labute approximate surface area is 174 Å². The van der Waals surface area contributed by atoms with E-state index in [1.807, 2.05) is 63.0 Å². The number of hydrazone groups is 2. The highest BCUT2D eigenvalue weighted by Gasteiger charge is 2.23. The standard InChI is InChI=1S/C23H30N6/c1-6-23-28(24-17-19-7-11-21(12-8-19)26(2)3)15-16-29(23)25-18-20-9-13-22(14-10-20)27(4)5/h7-18,23H,6H2,1-5H3. The third kappa shape index (κ3) is 5.16. The summed E-state index contributed by atoms with van der Waals surface area (Å²) in [5.74, 6) is 0. The van der Waals surface area contributed by atoms with Crippen molar-refractivity contribution in [2.45, 2.75) is 19.5 Å².